The first-order valence-corrected chi connectivity index (χ1v) is 5.22. The molecule has 0 heterocycles. The second kappa shape index (κ2) is 5.19. The quantitative estimate of drug-likeness (QED) is 0.774. The zero-order chi connectivity index (χ0) is 13.1. The van der Waals surface area contributed by atoms with Crippen molar-refractivity contribution in [3.05, 3.63) is 46.8 Å². The average Bonchev–Trinajstić information content (AvgIpc) is 2.44. The van der Waals surface area contributed by atoms with E-state index in [0.717, 1.165) is 10.8 Å². The van der Waals surface area contributed by atoms with Gasteiger partial charge < -0.3 is 20.9 Å². The summed E-state index contributed by atoms with van der Waals surface area (Å²) in [4.78, 5) is 9.13. The van der Waals surface area contributed by atoms with Crippen molar-refractivity contribution in [2.24, 2.45) is 0 Å². The molecule has 2 rings (SSSR count). The second-order valence-corrected chi connectivity index (χ2v) is 3.60. The van der Waals surface area contributed by atoms with E-state index < -0.39 is 0 Å². The molecule has 0 bridgehead atoms. The van der Waals surface area contributed by atoms with Gasteiger partial charge in [0.25, 0.3) is 0 Å². The molecule has 0 saturated heterocycles. The van der Waals surface area contributed by atoms with Crippen molar-refractivity contribution in [2.45, 2.75) is 0 Å². The largest absolute Gasteiger partial charge is 0.733 e. The number of hydrogen-bond acceptors (Lipinski definition) is 6. The molecule has 2 aromatic carbocycles. The van der Waals surface area contributed by atoms with E-state index in [1.54, 1.807) is 36.4 Å². The predicted octanol–water partition coefficient (Wildman–Crippen LogP) is 2.57. The van der Waals surface area contributed by atoms with Gasteiger partial charge in [0.2, 0.25) is 0 Å². The lowest BCUT2D eigenvalue weighted by molar-refractivity contribution is 0.197. The number of rotatable bonds is 4. The first kappa shape index (κ1) is 12.6. The van der Waals surface area contributed by atoms with E-state index in [2.05, 4.69) is 9.68 Å². The van der Waals surface area contributed by atoms with Crippen LogP contribution in [0.2, 0.25) is 0 Å². The zero-order valence-electron chi connectivity index (χ0n) is 9.99. The Hall–Kier alpha value is -1.86. The average molecular weight is 248 g/mol. The molecule has 0 saturated carbocycles. The second-order valence-electron chi connectivity index (χ2n) is 3.60. The smallest absolute Gasteiger partial charge is 0.0629 e. The molecule has 0 amide bonds. The number of anilines is 2. The van der Waals surface area contributed by atoms with Crippen molar-refractivity contribution >= 4 is 22.1 Å². The highest BCUT2D eigenvalue weighted by atomic mass is 16.9. The van der Waals surface area contributed by atoms with Crippen molar-refractivity contribution in [3.8, 4) is 0 Å². The predicted molar refractivity (Wildman–Crippen MR) is 69.7 cm³/mol. The summed E-state index contributed by atoms with van der Waals surface area (Å²) in [5.74, 6) is 0. The molecule has 0 aliphatic rings. The van der Waals surface area contributed by atoms with E-state index in [9.17, 15) is 10.4 Å². The van der Waals surface area contributed by atoms with Crippen LogP contribution in [0.25, 0.3) is 10.8 Å². The summed E-state index contributed by atoms with van der Waals surface area (Å²) in [6, 6.07) is 10.1. The normalized spacial score (nSPS) is 10.7. The van der Waals surface area contributed by atoms with Crippen molar-refractivity contribution < 1.29 is 9.68 Å². The van der Waals surface area contributed by atoms with Crippen LogP contribution in [0.1, 0.15) is 0 Å². The topological polar surface area (TPSA) is 71.1 Å². The van der Waals surface area contributed by atoms with Crippen molar-refractivity contribution in [2.75, 3.05) is 24.7 Å². The summed E-state index contributed by atoms with van der Waals surface area (Å²) < 4.78 is 0. The highest BCUT2D eigenvalue weighted by molar-refractivity contribution is 5.88. The van der Waals surface area contributed by atoms with Gasteiger partial charge in [-0.15, -0.1) is 0 Å². The highest BCUT2D eigenvalue weighted by Gasteiger charge is 2.01. The fraction of sp³-hybridized carbons (Fsp3) is 0.167. The third-order valence-corrected chi connectivity index (χ3v) is 2.56. The molecule has 6 heteroatoms. The van der Waals surface area contributed by atoms with Gasteiger partial charge in [-0.3, -0.25) is 9.68 Å². The third kappa shape index (κ3) is 2.36. The van der Waals surface area contributed by atoms with Gasteiger partial charge in [0.05, 0.1) is 25.6 Å². The molecule has 0 spiro atoms. The molecule has 0 atom stereocenters. The van der Waals surface area contributed by atoms with Crippen molar-refractivity contribution in [1.29, 1.82) is 0 Å². The molecule has 0 aliphatic heterocycles. The minimum Gasteiger partial charge on any atom is -0.733 e. The van der Waals surface area contributed by atoms with E-state index >= 15 is 0 Å². The monoisotopic (exact) mass is 248 g/mol. The van der Waals surface area contributed by atoms with Gasteiger partial charge in [0.15, 0.2) is 0 Å². The molecule has 18 heavy (non-hydrogen) atoms. The van der Waals surface area contributed by atoms with E-state index in [4.69, 9.17) is 0 Å². The van der Waals surface area contributed by atoms with Gasteiger partial charge in [-0.2, -0.15) is 0 Å². The maximum Gasteiger partial charge on any atom is 0.0629 e. The standard InChI is InChI=1S/C12H12N2O4/c1-17-13(15)11-5-3-10-8-12(14(16)18-2)6-4-9(10)7-11/h3-8H,1-2H3/q-2. The summed E-state index contributed by atoms with van der Waals surface area (Å²) in [7, 11) is 2.60. The van der Waals surface area contributed by atoms with Crippen LogP contribution in [0.4, 0.5) is 11.4 Å². The number of fused-ring (bicyclic) bond motifs is 1. The molecular formula is C12H12N2O4-2. The molecule has 0 unspecified atom stereocenters. The van der Waals surface area contributed by atoms with E-state index in [0.29, 0.717) is 21.8 Å². The number of hydrogen-bond donors (Lipinski definition) is 0. The fourth-order valence-electron chi connectivity index (χ4n) is 1.66. The minimum atomic E-state index is 0.392. The summed E-state index contributed by atoms with van der Waals surface area (Å²) >= 11 is 0. The van der Waals surface area contributed by atoms with Crippen LogP contribution < -0.4 is 10.5 Å². The Kier molecular flexibility index (Phi) is 3.63. The summed E-state index contributed by atoms with van der Waals surface area (Å²) in [6.07, 6.45) is 0. The first-order chi connectivity index (χ1) is 8.65. The van der Waals surface area contributed by atoms with E-state index in [1.807, 2.05) is 0 Å². The minimum absolute atomic E-state index is 0.392. The van der Waals surface area contributed by atoms with Crippen LogP contribution >= 0.6 is 0 Å². The van der Waals surface area contributed by atoms with Crippen molar-refractivity contribution in [3.63, 3.8) is 0 Å². The maximum absolute atomic E-state index is 11.3. The molecule has 6 nitrogen and oxygen atoms in total. The Balaban J connectivity index is 2.42. The Bertz CT molecular complexity index is 497. The van der Waals surface area contributed by atoms with Gasteiger partial charge >= 0.3 is 0 Å². The fourth-order valence-corrected chi connectivity index (χ4v) is 1.66. The molecule has 0 aliphatic carbocycles. The van der Waals surface area contributed by atoms with E-state index in [-0.39, 0.29) is 0 Å². The molecule has 0 radical (unpaired) electrons. The first-order valence-electron chi connectivity index (χ1n) is 5.22. The lowest BCUT2D eigenvalue weighted by atomic mass is 10.1. The SMILES string of the molecule is CON([O-])c1ccc2cc(N([O-])OC)ccc2c1. The van der Waals surface area contributed by atoms with Gasteiger partial charge in [-0.05, 0) is 35.0 Å². The van der Waals surface area contributed by atoms with Crippen LogP contribution in [0.15, 0.2) is 36.4 Å². The molecule has 0 fully saturated rings. The van der Waals surface area contributed by atoms with Gasteiger partial charge in [0.1, 0.15) is 0 Å². The van der Waals surface area contributed by atoms with Crippen molar-refractivity contribution in [1.82, 2.24) is 0 Å². The van der Waals surface area contributed by atoms with Crippen LogP contribution in [0.5, 0.6) is 0 Å². The molecule has 96 valence electrons. The van der Waals surface area contributed by atoms with Gasteiger partial charge in [-0.25, -0.2) is 0 Å². The van der Waals surface area contributed by atoms with Crippen LogP contribution in [0, 0.1) is 10.4 Å². The third-order valence-electron chi connectivity index (χ3n) is 2.56. The van der Waals surface area contributed by atoms with Crippen LogP contribution in [-0.2, 0) is 9.68 Å². The Labute approximate surface area is 104 Å². The Morgan fingerprint density at radius 3 is 1.50 bits per heavy atom. The lowest BCUT2D eigenvalue weighted by Gasteiger charge is -2.28. The number of benzene rings is 2. The summed E-state index contributed by atoms with van der Waals surface area (Å²) in [5, 5.41) is 25.1. The molecular weight excluding hydrogens is 236 g/mol. The molecule has 2 aromatic rings. The lowest BCUT2D eigenvalue weighted by Crippen LogP contribution is -2.12. The Morgan fingerprint density at radius 2 is 1.17 bits per heavy atom. The van der Waals surface area contributed by atoms with Crippen LogP contribution in [0.3, 0.4) is 0 Å². The van der Waals surface area contributed by atoms with E-state index in [1.165, 1.54) is 14.2 Å². The Morgan fingerprint density at radius 1 is 0.778 bits per heavy atom. The van der Waals surface area contributed by atoms with Gasteiger partial charge in [-0.1, -0.05) is 12.1 Å². The summed E-state index contributed by atoms with van der Waals surface area (Å²) in [5.41, 5.74) is 0.784. The molecule has 0 aromatic heterocycles. The summed E-state index contributed by atoms with van der Waals surface area (Å²) in [6.45, 7) is 0. The van der Waals surface area contributed by atoms with Gasteiger partial charge in [0, 0.05) is 0 Å². The molecule has 0 N–H and O–H groups in total. The van der Waals surface area contributed by atoms with Crippen LogP contribution in [-0.4, -0.2) is 14.2 Å². The number of nitrogens with zero attached hydrogens (tertiary/aromatic N) is 2. The zero-order valence-corrected chi connectivity index (χ0v) is 9.99. The highest BCUT2D eigenvalue weighted by Crippen LogP contribution is 2.26. The maximum atomic E-state index is 11.3.